The zero-order valence-electron chi connectivity index (χ0n) is 18.1. The number of hydrogen-bond donors (Lipinski definition) is 1. The molecule has 5 rings (SSSR count). The van der Waals surface area contributed by atoms with E-state index >= 15 is 0 Å². The van der Waals surface area contributed by atoms with Crippen LogP contribution in [0.1, 0.15) is 30.4 Å². The Labute approximate surface area is 184 Å². The molecule has 31 heavy (non-hydrogen) atoms. The predicted octanol–water partition coefficient (Wildman–Crippen LogP) is 3.99. The quantitative estimate of drug-likeness (QED) is 0.683. The first-order chi connectivity index (χ1) is 15.2. The molecule has 0 saturated carbocycles. The molecule has 1 aromatic heterocycles. The number of amides is 1. The Morgan fingerprint density at radius 1 is 1.00 bits per heavy atom. The molecule has 0 aliphatic carbocycles. The molecule has 2 aromatic carbocycles. The number of nitrogens with one attached hydrogen (secondary N) is 1. The van der Waals surface area contributed by atoms with Gasteiger partial charge in [-0.15, -0.1) is 0 Å². The summed E-state index contributed by atoms with van der Waals surface area (Å²) >= 11 is 0. The van der Waals surface area contributed by atoms with Crippen molar-refractivity contribution in [1.29, 1.82) is 0 Å². The van der Waals surface area contributed by atoms with E-state index in [1.54, 1.807) is 0 Å². The molecule has 0 radical (unpaired) electrons. The van der Waals surface area contributed by atoms with Crippen molar-refractivity contribution in [3.63, 3.8) is 0 Å². The molecule has 1 spiro atoms. The molecular weight excluding hydrogens is 386 g/mol. The number of fused-ring (bicyclic) bond motifs is 1. The SMILES string of the molecule is O=C1CO[C@@]2(CCCN(Cc3cccc4[nH]ccc34)CC2)CN1CCc1ccccc1. The summed E-state index contributed by atoms with van der Waals surface area (Å²) in [7, 11) is 0. The maximum Gasteiger partial charge on any atom is 0.248 e. The summed E-state index contributed by atoms with van der Waals surface area (Å²) in [6.45, 7) is 4.75. The molecule has 162 valence electrons. The van der Waals surface area contributed by atoms with Crippen LogP contribution in [-0.2, 0) is 22.5 Å². The van der Waals surface area contributed by atoms with Crippen molar-refractivity contribution in [3.8, 4) is 0 Å². The average molecular weight is 418 g/mol. The minimum Gasteiger partial charge on any atom is -0.363 e. The highest BCUT2D eigenvalue weighted by molar-refractivity contribution is 5.82. The van der Waals surface area contributed by atoms with Gasteiger partial charge < -0.3 is 14.6 Å². The van der Waals surface area contributed by atoms with Crippen molar-refractivity contribution in [3.05, 3.63) is 71.9 Å². The van der Waals surface area contributed by atoms with E-state index in [2.05, 4.69) is 58.4 Å². The highest BCUT2D eigenvalue weighted by atomic mass is 16.5. The maximum atomic E-state index is 12.5. The van der Waals surface area contributed by atoms with Crippen LogP contribution in [0.4, 0.5) is 0 Å². The lowest BCUT2D eigenvalue weighted by molar-refractivity contribution is -0.165. The van der Waals surface area contributed by atoms with Crippen molar-refractivity contribution in [2.45, 2.75) is 37.8 Å². The molecule has 1 atom stereocenters. The summed E-state index contributed by atoms with van der Waals surface area (Å²) in [4.78, 5) is 20.4. The number of carbonyl (C=O) groups excluding carboxylic acids is 1. The zero-order valence-corrected chi connectivity index (χ0v) is 18.1. The number of likely N-dealkylation sites (tertiary alicyclic amines) is 1. The summed E-state index contributed by atoms with van der Waals surface area (Å²) < 4.78 is 6.21. The van der Waals surface area contributed by atoms with Crippen LogP contribution in [0.15, 0.2) is 60.8 Å². The molecule has 1 amide bonds. The Bertz CT molecular complexity index is 1030. The molecule has 2 aliphatic heterocycles. The standard InChI is InChI=1S/C26H31N3O2/c30-25-19-31-26(20-29(25)16-11-21-6-2-1-3-7-21)12-5-15-28(17-13-26)18-22-8-4-9-24-23(22)10-14-27-24/h1-4,6-10,14,27H,5,11-13,15-20H2/t26-/m1/s1. The average Bonchev–Trinajstić information content (AvgIpc) is 3.20. The van der Waals surface area contributed by atoms with Gasteiger partial charge in [0.25, 0.3) is 0 Å². The van der Waals surface area contributed by atoms with Gasteiger partial charge >= 0.3 is 0 Å². The van der Waals surface area contributed by atoms with Gasteiger partial charge in [0.1, 0.15) is 6.61 Å². The van der Waals surface area contributed by atoms with Gasteiger partial charge in [-0.3, -0.25) is 9.69 Å². The van der Waals surface area contributed by atoms with Gasteiger partial charge in [0.2, 0.25) is 5.91 Å². The van der Waals surface area contributed by atoms with Crippen molar-refractivity contribution in [2.24, 2.45) is 0 Å². The Balaban J connectivity index is 1.22. The van der Waals surface area contributed by atoms with Crippen LogP contribution in [0.3, 0.4) is 0 Å². The number of H-pyrrole nitrogens is 1. The number of morpholine rings is 1. The Morgan fingerprint density at radius 2 is 1.90 bits per heavy atom. The molecule has 2 saturated heterocycles. The van der Waals surface area contributed by atoms with Gasteiger partial charge in [-0.25, -0.2) is 0 Å². The number of hydrogen-bond acceptors (Lipinski definition) is 3. The number of nitrogens with zero attached hydrogens (tertiary/aromatic N) is 2. The first-order valence-corrected chi connectivity index (χ1v) is 11.4. The van der Waals surface area contributed by atoms with Gasteiger partial charge in [-0.1, -0.05) is 42.5 Å². The first-order valence-electron chi connectivity index (χ1n) is 11.4. The Hall–Kier alpha value is -2.63. The van der Waals surface area contributed by atoms with Crippen LogP contribution in [-0.4, -0.2) is 59.1 Å². The van der Waals surface area contributed by atoms with Crippen molar-refractivity contribution >= 4 is 16.8 Å². The molecule has 5 heteroatoms. The van der Waals surface area contributed by atoms with Gasteiger partial charge in [0.05, 0.1) is 5.60 Å². The highest BCUT2D eigenvalue weighted by Crippen LogP contribution is 2.31. The monoisotopic (exact) mass is 417 g/mol. The zero-order chi connectivity index (χ0) is 21.1. The number of benzene rings is 2. The van der Waals surface area contributed by atoms with E-state index in [9.17, 15) is 4.79 Å². The molecule has 3 heterocycles. The highest BCUT2D eigenvalue weighted by Gasteiger charge is 2.40. The molecular formula is C26H31N3O2. The van der Waals surface area contributed by atoms with Crippen LogP contribution in [0.5, 0.6) is 0 Å². The second-order valence-corrected chi connectivity index (χ2v) is 9.01. The number of aromatic nitrogens is 1. The smallest absolute Gasteiger partial charge is 0.248 e. The summed E-state index contributed by atoms with van der Waals surface area (Å²) in [6.07, 6.45) is 6.01. The normalized spacial score (nSPS) is 22.8. The lowest BCUT2D eigenvalue weighted by Crippen LogP contribution is -2.55. The lowest BCUT2D eigenvalue weighted by Gasteiger charge is -2.42. The number of ether oxygens (including phenoxy) is 1. The van der Waals surface area contributed by atoms with Gasteiger partial charge in [0, 0.05) is 43.3 Å². The number of carbonyl (C=O) groups is 1. The van der Waals surface area contributed by atoms with E-state index < -0.39 is 0 Å². The minimum atomic E-state index is -0.195. The molecule has 0 unspecified atom stereocenters. The van der Waals surface area contributed by atoms with E-state index in [-0.39, 0.29) is 18.1 Å². The Morgan fingerprint density at radius 3 is 2.81 bits per heavy atom. The summed E-state index contributed by atoms with van der Waals surface area (Å²) in [5.41, 5.74) is 3.66. The molecule has 3 aromatic rings. The van der Waals surface area contributed by atoms with Gasteiger partial charge in [-0.2, -0.15) is 0 Å². The molecule has 1 N–H and O–H groups in total. The van der Waals surface area contributed by atoms with Gasteiger partial charge in [0.15, 0.2) is 0 Å². The molecule has 2 fully saturated rings. The van der Waals surface area contributed by atoms with E-state index in [0.717, 1.165) is 58.4 Å². The maximum absolute atomic E-state index is 12.5. The topological polar surface area (TPSA) is 48.6 Å². The fourth-order valence-corrected chi connectivity index (χ4v) is 5.11. The Kier molecular flexibility index (Phi) is 5.79. The van der Waals surface area contributed by atoms with E-state index in [0.29, 0.717) is 0 Å². The summed E-state index contributed by atoms with van der Waals surface area (Å²) in [5, 5.41) is 1.31. The number of aromatic amines is 1. The second kappa shape index (κ2) is 8.85. The molecule has 5 nitrogen and oxygen atoms in total. The van der Waals surface area contributed by atoms with E-state index in [4.69, 9.17) is 4.74 Å². The van der Waals surface area contributed by atoms with Crippen molar-refractivity contribution in [1.82, 2.24) is 14.8 Å². The molecule has 0 bridgehead atoms. The summed E-state index contributed by atoms with van der Waals surface area (Å²) in [6, 6.07) is 19.1. The lowest BCUT2D eigenvalue weighted by atomic mass is 9.92. The van der Waals surface area contributed by atoms with E-state index in [1.807, 2.05) is 17.2 Å². The fraction of sp³-hybridized carbons (Fsp3) is 0.423. The van der Waals surface area contributed by atoms with Crippen LogP contribution in [0.2, 0.25) is 0 Å². The van der Waals surface area contributed by atoms with Crippen LogP contribution >= 0.6 is 0 Å². The predicted molar refractivity (Wildman–Crippen MR) is 123 cm³/mol. The summed E-state index contributed by atoms with van der Waals surface area (Å²) in [5.74, 6) is 0.127. The minimum absolute atomic E-state index is 0.127. The third-order valence-electron chi connectivity index (χ3n) is 6.92. The van der Waals surface area contributed by atoms with Crippen LogP contribution in [0.25, 0.3) is 10.9 Å². The van der Waals surface area contributed by atoms with E-state index in [1.165, 1.54) is 22.0 Å². The van der Waals surface area contributed by atoms with Gasteiger partial charge in [-0.05, 0) is 55.5 Å². The van der Waals surface area contributed by atoms with Crippen LogP contribution < -0.4 is 0 Å². The molecule has 2 aliphatic rings. The number of rotatable bonds is 5. The largest absolute Gasteiger partial charge is 0.363 e. The second-order valence-electron chi connectivity index (χ2n) is 9.01. The van der Waals surface area contributed by atoms with Crippen molar-refractivity contribution < 1.29 is 9.53 Å². The van der Waals surface area contributed by atoms with Crippen molar-refractivity contribution in [2.75, 3.05) is 32.8 Å². The fourth-order valence-electron chi connectivity index (χ4n) is 5.11. The van der Waals surface area contributed by atoms with Crippen LogP contribution in [0, 0.1) is 0 Å². The first kappa shape index (κ1) is 20.3. The third kappa shape index (κ3) is 4.53. The third-order valence-corrected chi connectivity index (χ3v) is 6.92.